The predicted molar refractivity (Wildman–Crippen MR) is 85.7 cm³/mol. The number of pyridine rings is 1. The van der Waals surface area contributed by atoms with Crippen molar-refractivity contribution in [2.24, 2.45) is 0 Å². The molecule has 5 nitrogen and oxygen atoms in total. The van der Waals surface area contributed by atoms with E-state index in [2.05, 4.69) is 10.3 Å². The summed E-state index contributed by atoms with van der Waals surface area (Å²) in [4.78, 5) is 4.64. The van der Waals surface area contributed by atoms with Gasteiger partial charge in [0.15, 0.2) is 5.65 Å². The molecule has 1 N–H and O–H groups in total. The van der Waals surface area contributed by atoms with Crippen LogP contribution in [0.15, 0.2) is 47.6 Å². The average Bonchev–Trinajstić information content (AvgIpc) is 3.13. The van der Waals surface area contributed by atoms with Gasteiger partial charge in [-0.05, 0) is 37.1 Å². The quantitative estimate of drug-likeness (QED) is 0.790. The highest BCUT2D eigenvalue weighted by molar-refractivity contribution is 7.90. The number of nitrogens with one attached hydrogen (secondary N) is 1. The first kappa shape index (κ1) is 13.3. The summed E-state index contributed by atoms with van der Waals surface area (Å²) >= 11 is 0. The molecule has 2 aromatic heterocycles. The van der Waals surface area contributed by atoms with Gasteiger partial charge in [-0.1, -0.05) is 17.7 Å². The Labute approximate surface area is 128 Å². The number of aromatic nitrogens is 2. The molecule has 0 bridgehead atoms. The van der Waals surface area contributed by atoms with E-state index in [-0.39, 0.29) is 4.90 Å². The maximum Gasteiger partial charge on any atom is 0.269 e. The number of nitrogens with zero attached hydrogens (tertiary/aromatic N) is 2. The molecule has 1 aliphatic heterocycles. The van der Waals surface area contributed by atoms with E-state index in [1.807, 2.05) is 13.0 Å². The summed E-state index contributed by atoms with van der Waals surface area (Å²) in [5.74, 6) is 0. The first-order chi connectivity index (χ1) is 10.6. The van der Waals surface area contributed by atoms with Crippen LogP contribution in [0.1, 0.15) is 11.1 Å². The Morgan fingerprint density at radius 1 is 1.18 bits per heavy atom. The lowest BCUT2D eigenvalue weighted by Gasteiger charge is -2.08. The Hall–Kier alpha value is -2.34. The molecule has 0 amide bonds. The molecule has 1 aromatic carbocycles. The van der Waals surface area contributed by atoms with Gasteiger partial charge in [0.05, 0.1) is 10.6 Å². The van der Waals surface area contributed by atoms with Gasteiger partial charge in [0.2, 0.25) is 0 Å². The highest BCUT2D eigenvalue weighted by Gasteiger charge is 2.22. The van der Waals surface area contributed by atoms with Gasteiger partial charge in [0.25, 0.3) is 10.0 Å². The number of hydrogen-bond acceptors (Lipinski definition) is 4. The fourth-order valence-corrected chi connectivity index (χ4v) is 4.14. The van der Waals surface area contributed by atoms with Crippen molar-refractivity contribution in [2.45, 2.75) is 18.2 Å². The second-order valence-electron chi connectivity index (χ2n) is 5.50. The standard InChI is InChI=1S/C16H15N3O2S/c1-11-2-4-13(5-3-11)22(20,21)19-9-7-14-15-12(6-8-17-15)10-18-16(14)19/h2-5,7,9-10,17H,6,8H2,1H3. The predicted octanol–water partition coefficient (Wildman–Crippen LogP) is 2.55. The van der Waals surface area contributed by atoms with Crippen LogP contribution in [0.25, 0.3) is 11.0 Å². The van der Waals surface area contributed by atoms with Crippen LogP contribution in [0.4, 0.5) is 5.69 Å². The molecule has 1 aliphatic rings. The Morgan fingerprint density at radius 2 is 1.95 bits per heavy atom. The Morgan fingerprint density at radius 3 is 2.73 bits per heavy atom. The molecular formula is C16H15N3O2S. The van der Waals surface area contributed by atoms with Crippen molar-refractivity contribution < 1.29 is 8.42 Å². The summed E-state index contributed by atoms with van der Waals surface area (Å²) in [6, 6.07) is 8.66. The molecule has 3 heterocycles. The molecular weight excluding hydrogens is 298 g/mol. The maximum atomic E-state index is 12.8. The van der Waals surface area contributed by atoms with Crippen LogP contribution in [0, 0.1) is 6.92 Å². The van der Waals surface area contributed by atoms with Gasteiger partial charge in [0.1, 0.15) is 0 Å². The molecule has 6 heteroatoms. The third kappa shape index (κ3) is 1.84. The van der Waals surface area contributed by atoms with Crippen molar-refractivity contribution in [3.05, 3.63) is 53.9 Å². The topological polar surface area (TPSA) is 64.0 Å². The van der Waals surface area contributed by atoms with Crippen LogP contribution >= 0.6 is 0 Å². The molecule has 0 atom stereocenters. The lowest BCUT2D eigenvalue weighted by atomic mass is 10.2. The average molecular weight is 313 g/mol. The maximum absolute atomic E-state index is 12.8. The second-order valence-corrected chi connectivity index (χ2v) is 7.32. The van der Waals surface area contributed by atoms with E-state index in [0.29, 0.717) is 5.65 Å². The lowest BCUT2D eigenvalue weighted by molar-refractivity contribution is 0.588. The third-order valence-electron chi connectivity index (χ3n) is 4.03. The van der Waals surface area contributed by atoms with Gasteiger partial charge in [-0.3, -0.25) is 0 Å². The highest BCUT2D eigenvalue weighted by Crippen LogP contribution is 2.32. The molecule has 0 unspecified atom stereocenters. The summed E-state index contributed by atoms with van der Waals surface area (Å²) < 4.78 is 26.9. The molecule has 0 saturated carbocycles. The first-order valence-corrected chi connectivity index (χ1v) is 8.56. The van der Waals surface area contributed by atoms with Crippen molar-refractivity contribution in [3.8, 4) is 0 Å². The number of aryl methyl sites for hydroxylation is 1. The van der Waals surface area contributed by atoms with Gasteiger partial charge >= 0.3 is 0 Å². The smallest absolute Gasteiger partial charge is 0.269 e. The van der Waals surface area contributed by atoms with Crippen LogP contribution < -0.4 is 5.32 Å². The van der Waals surface area contributed by atoms with Crippen molar-refractivity contribution in [2.75, 3.05) is 11.9 Å². The van der Waals surface area contributed by atoms with Crippen LogP contribution in [-0.4, -0.2) is 23.9 Å². The summed E-state index contributed by atoms with van der Waals surface area (Å²) in [5, 5.41) is 4.16. The van der Waals surface area contributed by atoms with Gasteiger partial charge in [-0.15, -0.1) is 0 Å². The van der Waals surface area contributed by atoms with Gasteiger partial charge in [-0.2, -0.15) is 0 Å². The van der Waals surface area contributed by atoms with Crippen molar-refractivity contribution in [1.29, 1.82) is 0 Å². The summed E-state index contributed by atoms with van der Waals surface area (Å²) in [5.41, 5.74) is 3.63. The van der Waals surface area contributed by atoms with E-state index >= 15 is 0 Å². The van der Waals surface area contributed by atoms with Crippen molar-refractivity contribution in [1.82, 2.24) is 8.96 Å². The van der Waals surface area contributed by atoms with E-state index < -0.39 is 10.0 Å². The monoisotopic (exact) mass is 313 g/mol. The highest BCUT2D eigenvalue weighted by atomic mass is 32.2. The molecule has 3 aromatic rings. The summed E-state index contributed by atoms with van der Waals surface area (Å²) in [6.07, 6.45) is 4.26. The molecule has 0 aliphatic carbocycles. The van der Waals surface area contributed by atoms with E-state index in [0.717, 1.165) is 35.2 Å². The Balaban J connectivity index is 1.93. The molecule has 0 radical (unpaired) electrons. The molecule has 4 rings (SSSR count). The van der Waals surface area contributed by atoms with Crippen LogP contribution in [0.3, 0.4) is 0 Å². The van der Waals surface area contributed by atoms with Gasteiger partial charge < -0.3 is 5.32 Å². The minimum atomic E-state index is -3.63. The zero-order chi connectivity index (χ0) is 15.3. The van der Waals surface area contributed by atoms with E-state index in [9.17, 15) is 8.42 Å². The third-order valence-corrected chi connectivity index (χ3v) is 5.71. The first-order valence-electron chi connectivity index (χ1n) is 7.12. The molecule has 0 fully saturated rings. The van der Waals surface area contributed by atoms with Crippen LogP contribution in [0.2, 0.25) is 0 Å². The number of fused-ring (bicyclic) bond motifs is 3. The van der Waals surface area contributed by atoms with Gasteiger partial charge in [0, 0.05) is 24.3 Å². The molecule has 112 valence electrons. The van der Waals surface area contributed by atoms with Crippen LogP contribution in [0.5, 0.6) is 0 Å². The number of benzene rings is 1. The zero-order valence-electron chi connectivity index (χ0n) is 12.1. The van der Waals surface area contributed by atoms with Crippen molar-refractivity contribution >= 4 is 26.7 Å². The number of hydrogen-bond donors (Lipinski definition) is 1. The fourth-order valence-electron chi connectivity index (χ4n) is 2.84. The Kier molecular flexibility index (Phi) is 2.77. The summed E-state index contributed by atoms with van der Waals surface area (Å²) in [7, 11) is -3.63. The second kappa shape index (κ2) is 4.58. The zero-order valence-corrected chi connectivity index (χ0v) is 12.9. The van der Waals surface area contributed by atoms with Gasteiger partial charge in [-0.25, -0.2) is 17.4 Å². The number of rotatable bonds is 2. The van der Waals surface area contributed by atoms with Crippen LogP contribution in [-0.2, 0) is 16.4 Å². The minimum absolute atomic E-state index is 0.269. The molecule has 0 spiro atoms. The lowest BCUT2D eigenvalue weighted by Crippen LogP contribution is -2.12. The number of anilines is 1. The Bertz CT molecular complexity index is 973. The SMILES string of the molecule is Cc1ccc(S(=O)(=O)n2ccc3c4c(cnc32)CCN4)cc1. The van der Waals surface area contributed by atoms with E-state index in [4.69, 9.17) is 0 Å². The van der Waals surface area contributed by atoms with E-state index in [1.165, 1.54) is 3.97 Å². The van der Waals surface area contributed by atoms with E-state index in [1.54, 1.807) is 36.7 Å². The minimum Gasteiger partial charge on any atom is -0.384 e. The van der Waals surface area contributed by atoms with Crippen molar-refractivity contribution in [3.63, 3.8) is 0 Å². The molecule has 22 heavy (non-hydrogen) atoms. The largest absolute Gasteiger partial charge is 0.384 e. The summed E-state index contributed by atoms with van der Waals surface area (Å²) in [6.45, 7) is 2.80. The molecule has 0 saturated heterocycles. The fraction of sp³-hybridized carbons (Fsp3) is 0.188. The normalized spacial score (nSPS) is 14.0.